The Hall–Kier alpha value is -0.670. The van der Waals surface area contributed by atoms with Crippen LogP contribution in [0.1, 0.15) is 6.92 Å². The predicted molar refractivity (Wildman–Crippen MR) is 37.6 cm³/mol. The van der Waals surface area contributed by atoms with Gasteiger partial charge in [0.1, 0.15) is 0 Å². The smallest absolute Gasteiger partial charge is 0.221 e. The number of hydrogen-bond donors (Lipinski definition) is 0. The number of ketones is 1. The normalized spacial score (nSPS) is 11.2. The van der Waals surface area contributed by atoms with E-state index in [1.807, 2.05) is 0 Å². The molecular formula is C7H12O3. The molecule has 0 aromatic heterocycles. The van der Waals surface area contributed by atoms with E-state index < -0.39 is 6.29 Å². The van der Waals surface area contributed by atoms with Crippen LogP contribution in [-0.4, -0.2) is 26.3 Å². The van der Waals surface area contributed by atoms with E-state index in [4.69, 9.17) is 9.47 Å². The Morgan fingerprint density at radius 2 is 1.90 bits per heavy atom. The standard InChI is InChI=1S/C7H12O3/c1-4-5-6(8)7(9-2)10-3/h4-5,7H,1-3H3. The first-order valence-corrected chi connectivity index (χ1v) is 2.98. The molecule has 0 heterocycles. The molecule has 10 heavy (non-hydrogen) atoms. The topological polar surface area (TPSA) is 35.5 Å². The van der Waals surface area contributed by atoms with Gasteiger partial charge in [-0.05, 0) is 13.0 Å². The first kappa shape index (κ1) is 9.33. The molecule has 0 fully saturated rings. The van der Waals surface area contributed by atoms with Crippen LogP contribution >= 0.6 is 0 Å². The molecule has 0 unspecified atom stereocenters. The van der Waals surface area contributed by atoms with Gasteiger partial charge >= 0.3 is 0 Å². The van der Waals surface area contributed by atoms with E-state index in [1.54, 1.807) is 13.0 Å². The molecule has 58 valence electrons. The van der Waals surface area contributed by atoms with Crippen LogP contribution in [0.4, 0.5) is 0 Å². The van der Waals surface area contributed by atoms with Crippen LogP contribution in [0.3, 0.4) is 0 Å². The van der Waals surface area contributed by atoms with Gasteiger partial charge in [-0.25, -0.2) is 0 Å². The molecule has 3 heteroatoms. The predicted octanol–water partition coefficient (Wildman–Crippen LogP) is 0.750. The summed E-state index contributed by atoms with van der Waals surface area (Å²) in [5, 5.41) is 0. The first-order chi connectivity index (χ1) is 4.76. The maximum Gasteiger partial charge on any atom is 0.221 e. The molecule has 3 nitrogen and oxygen atoms in total. The van der Waals surface area contributed by atoms with Gasteiger partial charge in [-0.2, -0.15) is 0 Å². The molecule has 0 aromatic carbocycles. The molecular weight excluding hydrogens is 132 g/mol. The zero-order valence-electron chi connectivity index (χ0n) is 6.46. The average Bonchev–Trinajstić information content (AvgIpc) is 1.91. The van der Waals surface area contributed by atoms with E-state index in [0.29, 0.717) is 0 Å². The largest absolute Gasteiger partial charge is 0.349 e. The van der Waals surface area contributed by atoms with Crippen LogP contribution in [-0.2, 0) is 14.3 Å². The minimum absolute atomic E-state index is 0.174. The van der Waals surface area contributed by atoms with Crippen molar-refractivity contribution in [3.05, 3.63) is 12.2 Å². The Balaban J connectivity index is 3.89. The van der Waals surface area contributed by atoms with Crippen LogP contribution in [0.15, 0.2) is 12.2 Å². The summed E-state index contributed by atoms with van der Waals surface area (Å²) < 4.78 is 9.38. The van der Waals surface area contributed by atoms with Crippen LogP contribution in [0.2, 0.25) is 0 Å². The van der Waals surface area contributed by atoms with E-state index >= 15 is 0 Å². The molecule has 0 spiro atoms. The Morgan fingerprint density at radius 3 is 2.20 bits per heavy atom. The third kappa shape index (κ3) is 2.75. The third-order valence-corrected chi connectivity index (χ3v) is 0.991. The quantitative estimate of drug-likeness (QED) is 0.431. The Labute approximate surface area is 60.6 Å². The lowest BCUT2D eigenvalue weighted by molar-refractivity contribution is -0.151. The fourth-order valence-electron chi connectivity index (χ4n) is 0.571. The molecule has 0 aliphatic carbocycles. The van der Waals surface area contributed by atoms with Crippen molar-refractivity contribution in [2.45, 2.75) is 13.2 Å². The SMILES string of the molecule is CC=CC(=O)C(OC)OC. The highest BCUT2D eigenvalue weighted by Gasteiger charge is 2.11. The molecule has 0 N–H and O–H groups in total. The molecule has 0 saturated heterocycles. The fraction of sp³-hybridized carbons (Fsp3) is 0.571. The summed E-state index contributed by atoms with van der Waals surface area (Å²) in [7, 11) is 2.85. The highest BCUT2D eigenvalue weighted by molar-refractivity contribution is 5.92. The monoisotopic (exact) mass is 144 g/mol. The van der Waals surface area contributed by atoms with Gasteiger partial charge < -0.3 is 9.47 Å². The van der Waals surface area contributed by atoms with Gasteiger partial charge in [0.05, 0.1) is 0 Å². The highest BCUT2D eigenvalue weighted by Crippen LogP contribution is 1.93. The van der Waals surface area contributed by atoms with Crippen molar-refractivity contribution in [3.8, 4) is 0 Å². The van der Waals surface area contributed by atoms with Crippen LogP contribution < -0.4 is 0 Å². The van der Waals surface area contributed by atoms with Crippen molar-refractivity contribution in [1.29, 1.82) is 0 Å². The molecule has 0 aromatic rings. The van der Waals surface area contributed by atoms with Gasteiger partial charge in [-0.15, -0.1) is 0 Å². The van der Waals surface area contributed by atoms with Crippen molar-refractivity contribution < 1.29 is 14.3 Å². The van der Waals surface area contributed by atoms with Crippen LogP contribution in [0.5, 0.6) is 0 Å². The van der Waals surface area contributed by atoms with E-state index in [2.05, 4.69) is 0 Å². The summed E-state index contributed by atoms with van der Waals surface area (Å²) in [6.07, 6.45) is 2.31. The fourth-order valence-corrected chi connectivity index (χ4v) is 0.571. The molecule has 0 amide bonds. The lowest BCUT2D eigenvalue weighted by atomic mass is 10.3. The molecule has 0 aliphatic rings. The van der Waals surface area contributed by atoms with Gasteiger partial charge in [0.25, 0.3) is 0 Å². The highest BCUT2D eigenvalue weighted by atomic mass is 16.7. The van der Waals surface area contributed by atoms with Gasteiger partial charge in [-0.1, -0.05) is 6.08 Å². The molecule has 0 bridgehead atoms. The Morgan fingerprint density at radius 1 is 1.40 bits per heavy atom. The number of allylic oxidation sites excluding steroid dienone is 1. The summed E-state index contributed by atoms with van der Waals surface area (Å²) in [6.45, 7) is 1.76. The number of hydrogen-bond acceptors (Lipinski definition) is 3. The number of ether oxygens (including phenoxy) is 2. The van der Waals surface area contributed by atoms with Gasteiger partial charge in [0.2, 0.25) is 12.1 Å². The summed E-state index contributed by atoms with van der Waals surface area (Å²) in [5.41, 5.74) is 0. The van der Waals surface area contributed by atoms with Crippen LogP contribution in [0.25, 0.3) is 0 Å². The number of carbonyl (C=O) groups excluding carboxylic acids is 1. The lowest BCUT2D eigenvalue weighted by Crippen LogP contribution is -2.22. The maximum absolute atomic E-state index is 10.9. The summed E-state index contributed by atoms with van der Waals surface area (Å²) in [5.74, 6) is -0.174. The first-order valence-electron chi connectivity index (χ1n) is 2.98. The number of carbonyl (C=O) groups is 1. The summed E-state index contributed by atoms with van der Waals surface area (Å²) >= 11 is 0. The van der Waals surface area contributed by atoms with E-state index in [-0.39, 0.29) is 5.78 Å². The lowest BCUT2D eigenvalue weighted by Gasteiger charge is -2.07. The summed E-state index contributed by atoms with van der Waals surface area (Å²) in [6, 6.07) is 0. The van der Waals surface area contributed by atoms with Crippen molar-refractivity contribution in [2.75, 3.05) is 14.2 Å². The number of rotatable bonds is 4. The maximum atomic E-state index is 10.9. The van der Waals surface area contributed by atoms with Crippen molar-refractivity contribution in [2.24, 2.45) is 0 Å². The van der Waals surface area contributed by atoms with Gasteiger partial charge in [-0.3, -0.25) is 4.79 Å². The molecule has 0 radical (unpaired) electrons. The van der Waals surface area contributed by atoms with E-state index in [9.17, 15) is 4.79 Å². The van der Waals surface area contributed by atoms with Crippen LogP contribution in [0, 0.1) is 0 Å². The molecule has 0 rings (SSSR count). The van der Waals surface area contributed by atoms with Gasteiger partial charge in [0, 0.05) is 14.2 Å². The second-order valence-corrected chi connectivity index (χ2v) is 1.71. The molecule has 0 aliphatic heterocycles. The number of methoxy groups -OCH3 is 2. The molecule has 0 saturated carbocycles. The van der Waals surface area contributed by atoms with Gasteiger partial charge in [0.15, 0.2) is 0 Å². The van der Waals surface area contributed by atoms with E-state index in [1.165, 1.54) is 20.3 Å². The zero-order valence-corrected chi connectivity index (χ0v) is 6.46. The van der Waals surface area contributed by atoms with E-state index in [0.717, 1.165) is 0 Å². The zero-order chi connectivity index (χ0) is 7.98. The molecule has 0 atom stereocenters. The van der Waals surface area contributed by atoms with Crippen molar-refractivity contribution >= 4 is 5.78 Å². The average molecular weight is 144 g/mol. The minimum Gasteiger partial charge on any atom is -0.349 e. The second kappa shape index (κ2) is 5.14. The third-order valence-electron chi connectivity index (χ3n) is 0.991. The summed E-state index contributed by atoms with van der Waals surface area (Å²) in [4.78, 5) is 10.9. The van der Waals surface area contributed by atoms with Crippen molar-refractivity contribution in [1.82, 2.24) is 0 Å². The Kier molecular flexibility index (Phi) is 4.80. The Bertz CT molecular complexity index is 125. The minimum atomic E-state index is -0.754. The van der Waals surface area contributed by atoms with Crippen molar-refractivity contribution in [3.63, 3.8) is 0 Å². The second-order valence-electron chi connectivity index (χ2n) is 1.71.